The molecule has 1 N–H and O–H groups in total. The van der Waals surface area contributed by atoms with Crippen LogP contribution in [0.4, 0.5) is 0 Å². The van der Waals surface area contributed by atoms with Gasteiger partial charge in [-0.05, 0) is 70.6 Å². The van der Waals surface area contributed by atoms with Crippen molar-refractivity contribution in [2.24, 2.45) is 0 Å². The highest BCUT2D eigenvalue weighted by Crippen LogP contribution is 2.19. The molecule has 0 amide bonds. The number of esters is 1. The van der Waals surface area contributed by atoms with E-state index in [9.17, 15) is 9.59 Å². The van der Waals surface area contributed by atoms with E-state index in [4.69, 9.17) is 9.84 Å². The van der Waals surface area contributed by atoms with Gasteiger partial charge in [0.05, 0.1) is 0 Å². The third-order valence-electron chi connectivity index (χ3n) is 10.2. The third kappa shape index (κ3) is 40.8. The van der Waals surface area contributed by atoms with Gasteiger partial charge in [-0.2, -0.15) is 0 Å². The predicted octanol–water partition coefficient (Wildman–Crippen LogP) is 15.6. The average Bonchev–Trinajstić information content (AvgIpc) is 3.10. The normalized spacial score (nSPS) is 12.4. The molecule has 1 unspecified atom stereocenters. The van der Waals surface area contributed by atoms with E-state index in [-0.39, 0.29) is 18.5 Å². The van der Waals surface area contributed by atoms with Gasteiger partial charge in [0.25, 0.3) is 0 Å². The molecule has 4 heteroatoms. The second-order valence-corrected chi connectivity index (χ2v) is 15.2. The van der Waals surface area contributed by atoms with Crippen LogP contribution in [0.25, 0.3) is 0 Å². The van der Waals surface area contributed by atoms with Crippen molar-refractivity contribution in [3.63, 3.8) is 0 Å². The van der Waals surface area contributed by atoms with Crippen LogP contribution in [-0.4, -0.2) is 23.1 Å². The minimum Gasteiger partial charge on any atom is -0.481 e. The van der Waals surface area contributed by atoms with E-state index in [1.807, 2.05) is 0 Å². The smallest absolute Gasteiger partial charge is 0.306 e. The number of carboxylic acids is 1. The first-order chi connectivity index (χ1) is 24.6. The van der Waals surface area contributed by atoms with E-state index in [0.717, 1.165) is 77.0 Å². The molecular weight excluding hydrogens is 617 g/mol. The fourth-order valence-corrected chi connectivity index (χ4v) is 6.86. The summed E-state index contributed by atoms with van der Waals surface area (Å²) < 4.78 is 6.05. The molecule has 0 fully saturated rings. The Morgan fingerprint density at radius 3 is 1.22 bits per heavy atom. The number of hydrogen-bond donors (Lipinski definition) is 1. The molecule has 0 radical (unpaired) electrons. The summed E-state index contributed by atoms with van der Waals surface area (Å²) in [6.07, 6.45) is 53.5. The molecule has 4 nitrogen and oxygen atoms in total. The Balaban J connectivity index is 3.98. The van der Waals surface area contributed by atoms with Crippen LogP contribution in [-0.2, 0) is 14.3 Å². The number of hydrogen-bond acceptors (Lipinski definition) is 3. The summed E-state index contributed by atoms with van der Waals surface area (Å²) in [6.45, 7) is 4.54. The second kappa shape index (κ2) is 41.8. The molecule has 0 aliphatic carbocycles. The van der Waals surface area contributed by atoms with Crippen molar-refractivity contribution in [1.29, 1.82) is 0 Å². The summed E-state index contributed by atoms with van der Waals surface area (Å²) in [5.74, 6) is -0.677. The topological polar surface area (TPSA) is 63.6 Å². The van der Waals surface area contributed by atoms with Gasteiger partial charge in [0.1, 0.15) is 6.10 Å². The predicted molar refractivity (Wildman–Crippen MR) is 218 cm³/mol. The van der Waals surface area contributed by atoms with Crippen LogP contribution in [0, 0.1) is 0 Å². The van der Waals surface area contributed by atoms with Gasteiger partial charge in [0, 0.05) is 12.8 Å². The van der Waals surface area contributed by atoms with Crippen LogP contribution in [0.15, 0.2) is 24.3 Å². The highest BCUT2D eigenvalue weighted by atomic mass is 16.5. The maximum atomic E-state index is 12.7. The van der Waals surface area contributed by atoms with Crippen LogP contribution >= 0.6 is 0 Å². The van der Waals surface area contributed by atoms with E-state index in [2.05, 4.69) is 38.2 Å². The lowest BCUT2D eigenvalue weighted by atomic mass is 10.0. The molecule has 50 heavy (non-hydrogen) atoms. The Labute approximate surface area is 312 Å². The number of unbranched alkanes of at least 4 members (excludes halogenated alkanes) is 28. The van der Waals surface area contributed by atoms with E-state index in [1.54, 1.807) is 0 Å². The van der Waals surface area contributed by atoms with Crippen LogP contribution in [0.5, 0.6) is 0 Å². The van der Waals surface area contributed by atoms with E-state index in [1.165, 1.54) is 148 Å². The summed E-state index contributed by atoms with van der Waals surface area (Å²) in [6, 6.07) is 0. The molecule has 1 atom stereocenters. The van der Waals surface area contributed by atoms with Crippen molar-refractivity contribution in [2.45, 2.75) is 258 Å². The molecule has 0 aromatic heterocycles. The van der Waals surface area contributed by atoms with E-state index >= 15 is 0 Å². The lowest BCUT2D eigenvalue weighted by Crippen LogP contribution is -2.18. The van der Waals surface area contributed by atoms with Gasteiger partial charge in [-0.3, -0.25) is 9.59 Å². The molecule has 0 aromatic carbocycles. The van der Waals surface area contributed by atoms with Gasteiger partial charge in [-0.15, -0.1) is 0 Å². The average molecular weight is 703 g/mol. The van der Waals surface area contributed by atoms with E-state index in [0.29, 0.717) is 6.42 Å². The van der Waals surface area contributed by atoms with Crippen LogP contribution in [0.3, 0.4) is 0 Å². The Bertz CT molecular complexity index is 757. The van der Waals surface area contributed by atoms with Crippen LogP contribution < -0.4 is 0 Å². The highest BCUT2D eigenvalue weighted by molar-refractivity contribution is 5.69. The first kappa shape index (κ1) is 48.4. The van der Waals surface area contributed by atoms with Crippen molar-refractivity contribution >= 4 is 11.9 Å². The van der Waals surface area contributed by atoms with Gasteiger partial charge in [0.15, 0.2) is 0 Å². The van der Waals surface area contributed by atoms with Crippen molar-refractivity contribution in [3.05, 3.63) is 24.3 Å². The van der Waals surface area contributed by atoms with Gasteiger partial charge in [-0.1, -0.05) is 192 Å². The summed E-state index contributed by atoms with van der Waals surface area (Å²) >= 11 is 0. The van der Waals surface area contributed by atoms with Gasteiger partial charge < -0.3 is 9.84 Å². The quantitative estimate of drug-likeness (QED) is 0.0391. The lowest BCUT2D eigenvalue weighted by Gasteiger charge is -2.18. The molecule has 0 aliphatic heterocycles. The Kier molecular flexibility index (Phi) is 40.5. The largest absolute Gasteiger partial charge is 0.481 e. The zero-order chi connectivity index (χ0) is 36.4. The number of rotatable bonds is 41. The Morgan fingerprint density at radius 1 is 0.440 bits per heavy atom. The van der Waals surface area contributed by atoms with Crippen LogP contribution in [0.2, 0.25) is 0 Å². The molecular formula is C46H86O4. The first-order valence-corrected chi connectivity index (χ1v) is 22.3. The van der Waals surface area contributed by atoms with Crippen molar-refractivity contribution in [1.82, 2.24) is 0 Å². The second-order valence-electron chi connectivity index (χ2n) is 15.2. The summed E-state index contributed by atoms with van der Waals surface area (Å²) in [5, 5.41) is 8.81. The van der Waals surface area contributed by atoms with Crippen molar-refractivity contribution in [3.8, 4) is 0 Å². The Hall–Kier alpha value is -1.58. The summed E-state index contributed by atoms with van der Waals surface area (Å²) in [5.41, 5.74) is 0. The first-order valence-electron chi connectivity index (χ1n) is 22.3. The SMILES string of the molecule is CCCCC/C=C\C/C=C\CCCCCCCCCCCC(=O)OC(CCCCCCCCCCCCCC)CCCCCCCCC(=O)O. The zero-order valence-corrected chi connectivity index (χ0v) is 33.7. The van der Waals surface area contributed by atoms with Gasteiger partial charge >= 0.3 is 11.9 Å². The fourth-order valence-electron chi connectivity index (χ4n) is 6.86. The molecule has 0 saturated carbocycles. The molecule has 0 aliphatic rings. The molecule has 0 bridgehead atoms. The molecule has 294 valence electrons. The fraction of sp³-hybridized carbons (Fsp3) is 0.870. The maximum Gasteiger partial charge on any atom is 0.306 e. The van der Waals surface area contributed by atoms with Gasteiger partial charge in [0.2, 0.25) is 0 Å². The maximum absolute atomic E-state index is 12.7. The number of ether oxygens (including phenoxy) is 1. The number of aliphatic carboxylic acids is 1. The van der Waals surface area contributed by atoms with Crippen molar-refractivity contribution < 1.29 is 19.4 Å². The molecule has 0 saturated heterocycles. The standard InChI is InChI=1S/C46H86O4/c1-3-5-7-9-11-13-15-17-18-19-20-21-22-23-25-27-29-35-39-43-46(49)50-44(41-37-33-30-31-34-38-42-45(47)48)40-36-32-28-26-24-16-14-12-10-8-6-4-2/h11,13,17-18,44H,3-10,12,14-16,19-43H2,1-2H3,(H,47,48)/b13-11-,18-17-. The van der Waals surface area contributed by atoms with Crippen LogP contribution in [0.1, 0.15) is 251 Å². The molecule has 0 spiro atoms. The van der Waals surface area contributed by atoms with Gasteiger partial charge in [-0.25, -0.2) is 0 Å². The number of allylic oxidation sites excluding steroid dienone is 4. The third-order valence-corrected chi connectivity index (χ3v) is 10.2. The number of carbonyl (C=O) groups is 2. The lowest BCUT2D eigenvalue weighted by molar-refractivity contribution is -0.150. The zero-order valence-electron chi connectivity index (χ0n) is 33.7. The minimum atomic E-state index is -0.690. The summed E-state index contributed by atoms with van der Waals surface area (Å²) in [4.78, 5) is 23.4. The number of carbonyl (C=O) groups excluding carboxylic acids is 1. The Morgan fingerprint density at radius 2 is 0.780 bits per heavy atom. The summed E-state index contributed by atoms with van der Waals surface area (Å²) in [7, 11) is 0. The minimum absolute atomic E-state index is 0.0136. The molecule has 0 heterocycles. The van der Waals surface area contributed by atoms with E-state index < -0.39 is 5.97 Å². The molecule has 0 aromatic rings. The number of carboxylic acid groups (broad SMARTS) is 1. The van der Waals surface area contributed by atoms with Crippen molar-refractivity contribution in [2.75, 3.05) is 0 Å². The highest BCUT2D eigenvalue weighted by Gasteiger charge is 2.14. The molecule has 0 rings (SSSR count). The monoisotopic (exact) mass is 703 g/mol.